The number of carbonyl (C=O) groups excluding carboxylic acids is 1. The molecular formula is C13H13FN2O4. The van der Waals surface area contributed by atoms with Crippen LogP contribution >= 0.6 is 0 Å². The fourth-order valence-corrected chi connectivity index (χ4v) is 2.84. The molecule has 0 saturated carbocycles. The number of halogens is 1. The summed E-state index contributed by atoms with van der Waals surface area (Å²) in [5.41, 5.74) is -0.609. The minimum Gasteiger partial charge on any atom is -0.373 e. The van der Waals surface area contributed by atoms with Gasteiger partial charge in [-0.25, -0.2) is 4.39 Å². The van der Waals surface area contributed by atoms with E-state index in [1.807, 2.05) is 0 Å². The molecule has 2 heterocycles. The Hall–Kier alpha value is -2.02. The summed E-state index contributed by atoms with van der Waals surface area (Å²) in [4.78, 5) is 22.1. The first-order valence-corrected chi connectivity index (χ1v) is 6.45. The van der Waals surface area contributed by atoms with Crippen molar-refractivity contribution in [3.05, 3.63) is 39.7 Å². The van der Waals surface area contributed by atoms with Crippen LogP contribution in [0, 0.1) is 15.9 Å². The number of hydrogen-bond donors (Lipinski definition) is 1. The van der Waals surface area contributed by atoms with Gasteiger partial charge in [0.05, 0.1) is 28.7 Å². The topological polar surface area (TPSA) is 81.5 Å². The first-order chi connectivity index (χ1) is 9.54. The predicted octanol–water partition coefficient (Wildman–Crippen LogP) is 1.78. The highest BCUT2D eigenvalue weighted by Gasteiger charge is 2.41. The van der Waals surface area contributed by atoms with Crippen molar-refractivity contribution in [2.75, 3.05) is 0 Å². The van der Waals surface area contributed by atoms with E-state index in [1.54, 1.807) is 0 Å². The van der Waals surface area contributed by atoms with Gasteiger partial charge >= 0.3 is 0 Å². The molecule has 20 heavy (non-hydrogen) atoms. The Balaban J connectivity index is 1.76. The molecule has 2 saturated heterocycles. The number of hydrogen-bond acceptors (Lipinski definition) is 4. The molecule has 106 valence electrons. The number of rotatable bonds is 3. The zero-order chi connectivity index (χ0) is 14.3. The lowest BCUT2D eigenvalue weighted by molar-refractivity contribution is -0.384. The van der Waals surface area contributed by atoms with E-state index in [1.165, 1.54) is 0 Å². The Morgan fingerprint density at radius 3 is 2.85 bits per heavy atom. The summed E-state index contributed by atoms with van der Waals surface area (Å²) in [7, 11) is 0. The number of carbonyl (C=O) groups is 1. The minimum atomic E-state index is -0.767. The fraction of sp³-hybridized carbons (Fsp3) is 0.462. The standard InChI is InChI=1S/C13H13FN2O4/c14-10-3-1-7(16(18)19)5-9(10)13(17)15-11-6-8-2-4-12(11)20-8/h1,3,5,8,11-12H,2,4,6H2,(H,15,17). The van der Waals surface area contributed by atoms with E-state index in [2.05, 4.69) is 5.32 Å². The van der Waals surface area contributed by atoms with E-state index in [0.29, 0.717) is 6.42 Å². The molecule has 2 aliphatic heterocycles. The van der Waals surface area contributed by atoms with E-state index >= 15 is 0 Å². The number of benzene rings is 1. The number of nitrogens with zero attached hydrogens (tertiary/aromatic N) is 1. The molecular weight excluding hydrogens is 267 g/mol. The van der Waals surface area contributed by atoms with Gasteiger partial charge in [0, 0.05) is 12.1 Å². The molecule has 0 spiro atoms. The number of non-ortho nitro benzene ring substituents is 1. The summed E-state index contributed by atoms with van der Waals surface area (Å²) in [5, 5.41) is 13.4. The Morgan fingerprint density at radius 1 is 1.45 bits per heavy atom. The lowest BCUT2D eigenvalue weighted by atomic mass is 9.95. The molecule has 1 aromatic rings. The molecule has 3 atom stereocenters. The van der Waals surface area contributed by atoms with Crippen molar-refractivity contribution in [1.29, 1.82) is 0 Å². The van der Waals surface area contributed by atoms with E-state index in [0.717, 1.165) is 31.0 Å². The summed E-state index contributed by atoms with van der Waals surface area (Å²) in [6, 6.07) is 2.79. The predicted molar refractivity (Wildman–Crippen MR) is 66.8 cm³/mol. The van der Waals surface area contributed by atoms with Crippen molar-refractivity contribution in [1.82, 2.24) is 5.32 Å². The molecule has 0 radical (unpaired) electrons. The number of nitrogens with one attached hydrogen (secondary N) is 1. The quantitative estimate of drug-likeness (QED) is 0.676. The third kappa shape index (κ3) is 2.24. The van der Waals surface area contributed by atoms with Crippen LogP contribution in [-0.2, 0) is 4.74 Å². The molecule has 0 aliphatic carbocycles. The summed E-state index contributed by atoms with van der Waals surface area (Å²) >= 11 is 0. The van der Waals surface area contributed by atoms with Gasteiger partial charge in [-0.15, -0.1) is 0 Å². The number of fused-ring (bicyclic) bond motifs is 2. The smallest absolute Gasteiger partial charge is 0.270 e. The zero-order valence-corrected chi connectivity index (χ0v) is 10.5. The average molecular weight is 280 g/mol. The first kappa shape index (κ1) is 13.0. The van der Waals surface area contributed by atoms with Gasteiger partial charge in [0.2, 0.25) is 0 Å². The normalized spacial score (nSPS) is 27.6. The third-order valence-corrected chi connectivity index (χ3v) is 3.83. The van der Waals surface area contributed by atoms with Gasteiger partial charge in [0.25, 0.3) is 11.6 Å². The van der Waals surface area contributed by atoms with E-state index < -0.39 is 16.6 Å². The maximum Gasteiger partial charge on any atom is 0.270 e. The summed E-state index contributed by atoms with van der Waals surface area (Å²) in [6.07, 6.45) is 2.73. The molecule has 1 aromatic carbocycles. The van der Waals surface area contributed by atoms with Crippen LogP contribution in [-0.4, -0.2) is 29.1 Å². The van der Waals surface area contributed by atoms with Crippen molar-refractivity contribution in [2.24, 2.45) is 0 Å². The van der Waals surface area contributed by atoms with Gasteiger partial charge in [-0.05, 0) is 25.3 Å². The highest BCUT2D eigenvalue weighted by molar-refractivity contribution is 5.95. The van der Waals surface area contributed by atoms with Crippen molar-refractivity contribution >= 4 is 11.6 Å². The molecule has 2 bridgehead atoms. The molecule has 3 unspecified atom stereocenters. The lowest BCUT2D eigenvalue weighted by Gasteiger charge is -2.20. The molecule has 0 aromatic heterocycles. The molecule has 6 nitrogen and oxygen atoms in total. The number of nitro benzene ring substituents is 1. The third-order valence-electron chi connectivity index (χ3n) is 3.83. The van der Waals surface area contributed by atoms with Crippen molar-refractivity contribution in [3.8, 4) is 0 Å². The summed E-state index contributed by atoms with van der Waals surface area (Å²) < 4.78 is 19.2. The van der Waals surface area contributed by atoms with Crippen molar-refractivity contribution in [3.63, 3.8) is 0 Å². The number of ether oxygens (including phenoxy) is 1. The van der Waals surface area contributed by atoms with Crippen LogP contribution in [0.1, 0.15) is 29.6 Å². The van der Waals surface area contributed by atoms with Gasteiger partial charge in [0.1, 0.15) is 5.82 Å². The van der Waals surface area contributed by atoms with Gasteiger partial charge in [0.15, 0.2) is 0 Å². The van der Waals surface area contributed by atoms with E-state index in [9.17, 15) is 19.3 Å². The average Bonchev–Trinajstić information content (AvgIpc) is 3.01. The Bertz CT molecular complexity index is 577. The molecule has 2 aliphatic rings. The van der Waals surface area contributed by atoms with Crippen molar-refractivity contribution in [2.45, 2.75) is 37.5 Å². The highest BCUT2D eigenvalue weighted by Crippen LogP contribution is 2.34. The second kappa shape index (κ2) is 4.82. The Kier molecular flexibility index (Phi) is 3.13. The monoisotopic (exact) mass is 280 g/mol. The van der Waals surface area contributed by atoms with Crippen LogP contribution in [0.5, 0.6) is 0 Å². The number of amides is 1. The van der Waals surface area contributed by atoms with Gasteiger partial charge in [-0.2, -0.15) is 0 Å². The van der Waals surface area contributed by atoms with Gasteiger partial charge < -0.3 is 10.1 Å². The van der Waals surface area contributed by atoms with Crippen LogP contribution < -0.4 is 5.32 Å². The van der Waals surface area contributed by atoms with Crippen LogP contribution in [0.15, 0.2) is 18.2 Å². The molecule has 3 rings (SSSR count). The SMILES string of the molecule is O=C(NC1CC2CCC1O2)c1cc([N+](=O)[O-])ccc1F. The van der Waals surface area contributed by atoms with E-state index in [4.69, 9.17) is 4.74 Å². The van der Waals surface area contributed by atoms with Crippen molar-refractivity contribution < 1.29 is 18.8 Å². The maximum atomic E-state index is 13.6. The van der Waals surface area contributed by atoms with Crippen LogP contribution in [0.3, 0.4) is 0 Å². The number of nitro groups is 1. The molecule has 2 fully saturated rings. The Labute approximate surface area is 114 Å². The molecule has 1 N–H and O–H groups in total. The van der Waals surface area contributed by atoms with Crippen LogP contribution in [0.25, 0.3) is 0 Å². The maximum absolute atomic E-state index is 13.6. The van der Waals surface area contributed by atoms with Gasteiger partial charge in [-0.1, -0.05) is 0 Å². The summed E-state index contributed by atoms with van der Waals surface area (Å²) in [6.45, 7) is 0. The van der Waals surface area contributed by atoms with E-state index in [-0.39, 0.29) is 29.5 Å². The fourth-order valence-electron chi connectivity index (χ4n) is 2.84. The molecule has 1 amide bonds. The van der Waals surface area contributed by atoms with Gasteiger partial charge in [-0.3, -0.25) is 14.9 Å². The van der Waals surface area contributed by atoms with Crippen LogP contribution in [0.4, 0.5) is 10.1 Å². The Morgan fingerprint density at radius 2 is 2.25 bits per heavy atom. The first-order valence-electron chi connectivity index (χ1n) is 6.45. The zero-order valence-electron chi connectivity index (χ0n) is 10.5. The van der Waals surface area contributed by atoms with Crippen LogP contribution in [0.2, 0.25) is 0 Å². The largest absolute Gasteiger partial charge is 0.373 e. The lowest BCUT2D eigenvalue weighted by Crippen LogP contribution is -2.41. The second-order valence-electron chi connectivity index (χ2n) is 5.11. The molecule has 7 heteroatoms. The minimum absolute atomic E-state index is 0.0225. The highest BCUT2D eigenvalue weighted by atomic mass is 19.1. The second-order valence-corrected chi connectivity index (χ2v) is 5.11. The summed E-state index contributed by atoms with van der Waals surface area (Å²) in [5.74, 6) is -1.40.